The van der Waals surface area contributed by atoms with Crippen molar-refractivity contribution in [2.24, 2.45) is 0 Å². The maximum atomic E-state index is 12.3. The molecule has 1 amide bonds. The van der Waals surface area contributed by atoms with E-state index in [1.54, 1.807) is 29.2 Å². The molecule has 1 aromatic carbocycles. The van der Waals surface area contributed by atoms with Crippen molar-refractivity contribution in [2.75, 3.05) is 13.1 Å². The largest absolute Gasteiger partial charge is 0.336 e. The number of ketones is 2. The first-order valence-corrected chi connectivity index (χ1v) is 8.89. The summed E-state index contributed by atoms with van der Waals surface area (Å²) in [6, 6.07) is 6.79. The van der Waals surface area contributed by atoms with E-state index in [9.17, 15) is 14.4 Å². The van der Waals surface area contributed by atoms with E-state index in [1.807, 2.05) is 13.8 Å². The lowest BCUT2D eigenvalue weighted by molar-refractivity contribution is -0.144. The van der Waals surface area contributed by atoms with E-state index in [2.05, 4.69) is 15.9 Å². The predicted octanol–water partition coefficient (Wildman–Crippen LogP) is 4.02. The number of Topliss-reactive ketones (excluding diaryl/α,β-unsaturated/α-hetero) is 2. The van der Waals surface area contributed by atoms with Crippen LogP contribution in [0.25, 0.3) is 0 Å². The van der Waals surface area contributed by atoms with Gasteiger partial charge >= 0.3 is 0 Å². The molecule has 4 nitrogen and oxygen atoms in total. The monoisotopic (exact) mass is 381 g/mol. The number of hydrogen-bond donors (Lipinski definition) is 0. The fraction of sp³-hybridized carbons (Fsp3) is 0.500. The molecule has 0 radical (unpaired) electrons. The molecule has 0 saturated heterocycles. The van der Waals surface area contributed by atoms with Crippen LogP contribution in [0.15, 0.2) is 28.7 Å². The molecule has 1 aromatic rings. The van der Waals surface area contributed by atoms with Gasteiger partial charge in [0.15, 0.2) is 5.78 Å². The lowest BCUT2D eigenvalue weighted by atomic mass is 10.1. The highest BCUT2D eigenvalue weighted by molar-refractivity contribution is 9.10. The van der Waals surface area contributed by atoms with Crippen LogP contribution in [0.2, 0.25) is 0 Å². The summed E-state index contributed by atoms with van der Waals surface area (Å²) in [6.45, 7) is 5.24. The van der Waals surface area contributed by atoms with Gasteiger partial charge in [0, 0.05) is 23.1 Å². The topological polar surface area (TPSA) is 54.5 Å². The normalized spacial score (nSPS) is 10.4. The molecule has 0 bridgehead atoms. The third-order valence-corrected chi connectivity index (χ3v) is 4.10. The van der Waals surface area contributed by atoms with E-state index in [0.29, 0.717) is 18.7 Å². The van der Waals surface area contributed by atoms with Crippen LogP contribution in [0, 0.1) is 0 Å². The summed E-state index contributed by atoms with van der Waals surface area (Å²) in [6.07, 6.45) is 3.28. The zero-order chi connectivity index (χ0) is 17.2. The molecule has 0 aliphatic rings. The molecule has 0 aliphatic carbocycles. The fourth-order valence-corrected chi connectivity index (χ4v) is 2.41. The Kier molecular flexibility index (Phi) is 8.77. The first-order valence-electron chi connectivity index (χ1n) is 8.10. The fourth-order valence-electron chi connectivity index (χ4n) is 2.15. The number of carbonyl (C=O) groups is 3. The highest BCUT2D eigenvalue weighted by Crippen LogP contribution is 2.12. The smallest absolute Gasteiger partial charge is 0.290 e. The molecule has 0 fully saturated rings. The summed E-state index contributed by atoms with van der Waals surface area (Å²) in [5.41, 5.74) is 0.447. The minimum absolute atomic E-state index is 0.318. The molecule has 0 atom stereocenters. The molecule has 23 heavy (non-hydrogen) atoms. The van der Waals surface area contributed by atoms with E-state index < -0.39 is 11.7 Å². The SMILES string of the molecule is CCCCN(CCCC)C(=O)C(=O)CC(=O)c1ccc(Br)cc1. The summed E-state index contributed by atoms with van der Waals surface area (Å²) in [4.78, 5) is 38.1. The van der Waals surface area contributed by atoms with Crippen LogP contribution < -0.4 is 0 Å². The summed E-state index contributed by atoms with van der Waals surface area (Å²) < 4.78 is 0.863. The molecule has 0 saturated carbocycles. The Morgan fingerprint density at radius 3 is 1.96 bits per heavy atom. The number of hydrogen-bond acceptors (Lipinski definition) is 3. The first kappa shape index (κ1) is 19.6. The van der Waals surface area contributed by atoms with Crippen molar-refractivity contribution in [2.45, 2.75) is 46.0 Å². The summed E-state index contributed by atoms with van der Waals surface area (Å²) in [5, 5.41) is 0. The predicted molar refractivity (Wildman–Crippen MR) is 94.5 cm³/mol. The molecular weight excluding hydrogens is 358 g/mol. The molecule has 0 N–H and O–H groups in total. The molecule has 126 valence electrons. The second kappa shape index (κ2) is 10.3. The lowest BCUT2D eigenvalue weighted by Crippen LogP contribution is -2.38. The second-order valence-electron chi connectivity index (χ2n) is 5.53. The van der Waals surface area contributed by atoms with Crippen LogP contribution in [0.5, 0.6) is 0 Å². The Labute approximate surface area is 146 Å². The summed E-state index contributed by atoms with van der Waals surface area (Å²) in [5.74, 6) is -1.47. The van der Waals surface area contributed by atoms with Gasteiger partial charge in [0.25, 0.3) is 5.91 Å². The number of nitrogens with zero attached hydrogens (tertiary/aromatic N) is 1. The van der Waals surface area contributed by atoms with E-state index >= 15 is 0 Å². The van der Waals surface area contributed by atoms with Crippen molar-refractivity contribution < 1.29 is 14.4 Å². The van der Waals surface area contributed by atoms with Gasteiger partial charge in [-0.2, -0.15) is 0 Å². The quantitative estimate of drug-likeness (QED) is 0.349. The molecule has 1 rings (SSSR count). The Hall–Kier alpha value is -1.49. The van der Waals surface area contributed by atoms with Gasteiger partial charge in [-0.15, -0.1) is 0 Å². The highest BCUT2D eigenvalue weighted by Gasteiger charge is 2.23. The number of halogens is 1. The van der Waals surface area contributed by atoms with Gasteiger partial charge in [-0.3, -0.25) is 14.4 Å². The molecule has 0 aromatic heterocycles. The van der Waals surface area contributed by atoms with Crippen molar-refractivity contribution in [3.05, 3.63) is 34.3 Å². The Morgan fingerprint density at radius 2 is 1.48 bits per heavy atom. The molecule has 0 aliphatic heterocycles. The Bertz CT molecular complexity index is 532. The average molecular weight is 382 g/mol. The first-order chi connectivity index (χ1) is 11.0. The van der Waals surface area contributed by atoms with E-state index in [-0.39, 0.29) is 12.2 Å². The maximum absolute atomic E-state index is 12.3. The number of unbranched alkanes of at least 4 members (excludes halogenated alkanes) is 2. The minimum atomic E-state index is -0.620. The van der Waals surface area contributed by atoms with Crippen molar-refractivity contribution >= 4 is 33.4 Å². The average Bonchev–Trinajstić information content (AvgIpc) is 2.55. The van der Waals surface area contributed by atoms with Gasteiger partial charge < -0.3 is 4.90 Å². The number of rotatable bonds is 10. The molecule has 0 unspecified atom stereocenters. The van der Waals surface area contributed by atoms with Crippen LogP contribution in [0.4, 0.5) is 0 Å². The van der Waals surface area contributed by atoms with Crippen LogP contribution in [-0.4, -0.2) is 35.5 Å². The number of carbonyl (C=O) groups excluding carboxylic acids is 3. The van der Waals surface area contributed by atoms with Gasteiger partial charge in [0.2, 0.25) is 5.78 Å². The van der Waals surface area contributed by atoms with Crippen LogP contribution in [-0.2, 0) is 9.59 Å². The van der Waals surface area contributed by atoms with E-state index in [0.717, 1.165) is 30.2 Å². The molecule has 0 spiro atoms. The van der Waals surface area contributed by atoms with Crippen LogP contribution >= 0.6 is 15.9 Å². The van der Waals surface area contributed by atoms with Gasteiger partial charge in [-0.05, 0) is 25.0 Å². The summed E-state index contributed by atoms with van der Waals surface area (Å²) >= 11 is 3.30. The van der Waals surface area contributed by atoms with Gasteiger partial charge in [0.05, 0.1) is 6.42 Å². The van der Waals surface area contributed by atoms with Crippen LogP contribution in [0.1, 0.15) is 56.3 Å². The Morgan fingerprint density at radius 1 is 0.957 bits per heavy atom. The standard InChI is InChI=1S/C18H24BrNO3/c1-3-5-11-20(12-6-4-2)18(23)17(22)13-16(21)14-7-9-15(19)10-8-14/h7-10H,3-6,11-13H2,1-2H3. The van der Waals surface area contributed by atoms with Crippen molar-refractivity contribution in [1.29, 1.82) is 0 Å². The maximum Gasteiger partial charge on any atom is 0.290 e. The van der Waals surface area contributed by atoms with Gasteiger partial charge in [-0.1, -0.05) is 54.8 Å². The zero-order valence-electron chi connectivity index (χ0n) is 13.8. The van der Waals surface area contributed by atoms with E-state index in [1.165, 1.54) is 0 Å². The van der Waals surface area contributed by atoms with Gasteiger partial charge in [0.1, 0.15) is 0 Å². The molecule has 0 heterocycles. The second-order valence-corrected chi connectivity index (χ2v) is 6.45. The third-order valence-electron chi connectivity index (χ3n) is 3.58. The van der Waals surface area contributed by atoms with Crippen LogP contribution in [0.3, 0.4) is 0 Å². The number of benzene rings is 1. The summed E-state index contributed by atoms with van der Waals surface area (Å²) in [7, 11) is 0. The Balaban J connectivity index is 2.67. The van der Waals surface area contributed by atoms with E-state index in [4.69, 9.17) is 0 Å². The molecule has 5 heteroatoms. The third kappa shape index (κ3) is 6.65. The van der Waals surface area contributed by atoms with Crippen molar-refractivity contribution in [3.63, 3.8) is 0 Å². The highest BCUT2D eigenvalue weighted by atomic mass is 79.9. The molecular formula is C18H24BrNO3. The van der Waals surface area contributed by atoms with Crippen molar-refractivity contribution in [1.82, 2.24) is 4.90 Å². The lowest BCUT2D eigenvalue weighted by Gasteiger charge is -2.21. The zero-order valence-corrected chi connectivity index (χ0v) is 15.4. The van der Waals surface area contributed by atoms with Gasteiger partial charge in [-0.25, -0.2) is 0 Å². The minimum Gasteiger partial charge on any atom is -0.336 e. The van der Waals surface area contributed by atoms with Crippen molar-refractivity contribution in [3.8, 4) is 0 Å². The number of amides is 1.